The number of hydrogen-bond donors (Lipinski definition) is 2. The fourth-order valence-electron chi connectivity index (χ4n) is 0.236. The number of nitrogens with one attached hydrogen (secondary N) is 1. The molecule has 0 aromatic carbocycles. The van der Waals surface area contributed by atoms with Crippen LogP contribution < -0.4 is 5.32 Å². The maximum absolute atomic E-state index is 9.83. The molecule has 0 heterocycles. The molecule has 0 aromatic rings. The number of halogens is 2. The molecule has 5 heteroatoms. The predicted molar refractivity (Wildman–Crippen MR) is 44.5 cm³/mol. The molecule has 1 atom stereocenters. The minimum absolute atomic E-state index is 0. The molecule has 0 rings (SSSR count). The van der Waals surface area contributed by atoms with E-state index >= 15 is 0 Å². The highest BCUT2D eigenvalue weighted by Crippen LogP contribution is 1.97. The van der Waals surface area contributed by atoms with Crippen molar-refractivity contribution >= 4 is 39.0 Å². The number of carbonyl (C=O) groups is 1. The van der Waals surface area contributed by atoms with Gasteiger partial charge in [-0.2, -0.15) is 0 Å². The molecule has 2 N–H and O–H groups in total. The molecule has 0 aromatic heterocycles. The lowest BCUT2D eigenvalue weighted by Crippen LogP contribution is -2.27. The summed E-state index contributed by atoms with van der Waals surface area (Å²) in [7, 11) is 0. The van der Waals surface area contributed by atoms with Gasteiger partial charge in [-0.3, -0.25) is 0 Å². The van der Waals surface area contributed by atoms with Crippen LogP contribution in [0.1, 0.15) is 13.3 Å². The number of alkyl halides is 1. The van der Waals surface area contributed by atoms with Crippen LogP contribution in [0, 0.1) is 0 Å². The smallest absolute Gasteiger partial charge is 0.405 e. The van der Waals surface area contributed by atoms with Crippen LogP contribution in [0.15, 0.2) is 0 Å². The summed E-state index contributed by atoms with van der Waals surface area (Å²) in [6.07, 6.45) is -0.236. The second kappa shape index (κ2) is 6.35. The van der Waals surface area contributed by atoms with Gasteiger partial charge < -0.3 is 10.4 Å². The van der Waals surface area contributed by atoms with E-state index in [1.807, 2.05) is 6.92 Å². The number of hydrogen-bond acceptors (Lipinski definition) is 1. The summed E-state index contributed by atoms with van der Waals surface area (Å²) in [5.41, 5.74) is 0. The molecule has 56 valence electrons. The molecule has 0 spiro atoms. The minimum atomic E-state index is -0.992. The van der Waals surface area contributed by atoms with Crippen molar-refractivity contribution in [1.29, 1.82) is 0 Å². The van der Waals surface area contributed by atoms with Gasteiger partial charge in [0.1, 0.15) is 0 Å². The van der Waals surface area contributed by atoms with E-state index in [1.54, 1.807) is 0 Å². The molecule has 0 saturated heterocycles. The van der Waals surface area contributed by atoms with Crippen LogP contribution >= 0.6 is 32.9 Å². The van der Waals surface area contributed by atoms with Gasteiger partial charge >= 0.3 is 6.09 Å². The average Bonchev–Trinajstić information content (AvgIpc) is 1.65. The fraction of sp³-hybridized carbons (Fsp3) is 0.750. The highest BCUT2D eigenvalue weighted by Gasteiger charge is 2.01. The van der Waals surface area contributed by atoms with Gasteiger partial charge in [-0.15, -0.1) is 17.0 Å². The van der Waals surface area contributed by atoms with Gasteiger partial charge in [0.05, 0.1) is 4.95 Å². The van der Waals surface area contributed by atoms with Crippen LogP contribution in [0.4, 0.5) is 4.79 Å². The first kappa shape index (κ1) is 12.0. The molecular formula is C4H9Br2NO2. The summed E-state index contributed by atoms with van der Waals surface area (Å²) in [6.45, 7) is 1.88. The maximum Gasteiger partial charge on any atom is 0.405 e. The van der Waals surface area contributed by atoms with Crippen LogP contribution in [0.5, 0.6) is 0 Å². The molecule has 0 fully saturated rings. The van der Waals surface area contributed by atoms with E-state index in [9.17, 15) is 4.79 Å². The van der Waals surface area contributed by atoms with E-state index in [0.717, 1.165) is 6.42 Å². The molecule has 1 unspecified atom stereocenters. The van der Waals surface area contributed by atoms with Gasteiger partial charge in [-0.1, -0.05) is 22.9 Å². The maximum atomic E-state index is 9.83. The lowest BCUT2D eigenvalue weighted by molar-refractivity contribution is 0.193. The Labute approximate surface area is 72.7 Å². The Morgan fingerprint density at radius 1 is 1.89 bits per heavy atom. The third kappa shape index (κ3) is 8.23. The van der Waals surface area contributed by atoms with E-state index < -0.39 is 6.09 Å². The molecule has 0 aliphatic heterocycles. The molecular weight excluding hydrogens is 254 g/mol. The SMILES string of the molecule is Br.CCC(Br)NC(=O)O. The number of amides is 1. The zero-order valence-corrected chi connectivity index (χ0v) is 8.23. The van der Waals surface area contributed by atoms with Crippen LogP contribution in [0.2, 0.25) is 0 Å². The summed E-state index contributed by atoms with van der Waals surface area (Å²) < 4.78 is 0. The molecule has 3 nitrogen and oxygen atoms in total. The molecule has 0 radical (unpaired) electrons. The Hall–Kier alpha value is 0.230. The summed E-state index contributed by atoms with van der Waals surface area (Å²) >= 11 is 3.09. The van der Waals surface area contributed by atoms with Crippen LogP contribution in [0.3, 0.4) is 0 Å². The van der Waals surface area contributed by atoms with Crippen LogP contribution in [0.25, 0.3) is 0 Å². The third-order valence-electron chi connectivity index (χ3n) is 0.639. The molecule has 1 amide bonds. The quantitative estimate of drug-likeness (QED) is 0.591. The van der Waals surface area contributed by atoms with E-state index in [2.05, 4.69) is 21.2 Å². The Bertz CT molecular complexity index is 88.6. The zero-order valence-electron chi connectivity index (χ0n) is 4.93. The molecule has 9 heavy (non-hydrogen) atoms. The van der Waals surface area contributed by atoms with Gasteiger partial charge in [0.15, 0.2) is 0 Å². The second-order valence-corrected chi connectivity index (χ2v) is 2.43. The fourth-order valence-corrected chi connectivity index (χ4v) is 0.432. The summed E-state index contributed by atoms with van der Waals surface area (Å²) in [6, 6.07) is 0. The van der Waals surface area contributed by atoms with Gasteiger partial charge in [0.2, 0.25) is 0 Å². The van der Waals surface area contributed by atoms with Crippen LogP contribution in [-0.4, -0.2) is 16.2 Å². The summed E-state index contributed by atoms with van der Waals surface area (Å²) in [5, 5.41) is 10.3. The Kier molecular flexibility index (Phi) is 8.44. The van der Waals surface area contributed by atoms with Gasteiger partial charge in [0.25, 0.3) is 0 Å². The molecule has 0 aliphatic carbocycles. The van der Waals surface area contributed by atoms with Gasteiger partial charge in [-0.05, 0) is 6.42 Å². The largest absolute Gasteiger partial charge is 0.465 e. The standard InChI is InChI=1S/C4H8BrNO2.BrH/c1-2-3(5)6-4(7)8;/h3,6H,2H2,1H3,(H,7,8);1H. The summed E-state index contributed by atoms with van der Waals surface area (Å²) in [5.74, 6) is 0. The third-order valence-corrected chi connectivity index (χ3v) is 1.51. The van der Waals surface area contributed by atoms with Gasteiger partial charge in [-0.25, -0.2) is 4.79 Å². The predicted octanol–water partition coefficient (Wildman–Crippen LogP) is 1.96. The Morgan fingerprint density at radius 2 is 2.33 bits per heavy atom. The highest BCUT2D eigenvalue weighted by molar-refractivity contribution is 9.09. The monoisotopic (exact) mass is 261 g/mol. The van der Waals surface area contributed by atoms with Crippen molar-refractivity contribution in [2.24, 2.45) is 0 Å². The molecule has 0 bridgehead atoms. The summed E-state index contributed by atoms with van der Waals surface area (Å²) in [4.78, 5) is 9.72. The lowest BCUT2D eigenvalue weighted by atomic mass is 10.5. The van der Waals surface area contributed by atoms with Gasteiger partial charge in [0, 0.05) is 0 Å². The van der Waals surface area contributed by atoms with Crippen molar-refractivity contribution in [3.05, 3.63) is 0 Å². The first-order chi connectivity index (χ1) is 3.66. The van der Waals surface area contributed by atoms with E-state index in [0.29, 0.717) is 0 Å². The van der Waals surface area contributed by atoms with Crippen molar-refractivity contribution in [1.82, 2.24) is 5.32 Å². The van der Waals surface area contributed by atoms with Crippen molar-refractivity contribution in [3.63, 3.8) is 0 Å². The van der Waals surface area contributed by atoms with Crippen LogP contribution in [-0.2, 0) is 0 Å². The second-order valence-electron chi connectivity index (χ2n) is 1.33. The van der Waals surface area contributed by atoms with E-state index in [4.69, 9.17) is 5.11 Å². The Balaban J connectivity index is 0. The first-order valence-corrected chi connectivity index (χ1v) is 3.22. The van der Waals surface area contributed by atoms with Crippen molar-refractivity contribution < 1.29 is 9.90 Å². The zero-order chi connectivity index (χ0) is 6.57. The molecule has 0 saturated carbocycles. The number of rotatable bonds is 2. The first-order valence-electron chi connectivity index (χ1n) is 2.30. The van der Waals surface area contributed by atoms with Crippen molar-refractivity contribution in [2.45, 2.75) is 18.3 Å². The number of carboxylic acid groups (broad SMARTS) is 1. The minimum Gasteiger partial charge on any atom is -0.465 e. The topological polar surface area (TPSA) is 49.3 Å². The highest BCUT2D eigenvalue weighted by atomic mass is 79.9. The van der Waals surface area contributed by atoms with Crippen molar-refractivity contribution in [3.8, 4) is 0 Å². The lowest BCUT2D eigenvalue weighted by Gasteiger charge is -2.03. The van der Waals surface area contributed by atoms with E-state index in [-0.39, 0.29) is 21.9 Å². The van der Waals surface area contributed by atoms with Crippen molar-refractivity contribution in [2.75, 3.05) is 0 Å². The average molecular weight is 263 g/mol. The molecule has 0 aliphatic rings. The Morgan fingerprint density at radius 3 is 2.44 bits per heavy atom. The van der Waals surface area contributed by atoms with E-state index in [1.165, 1.54) is 0 Å². The normalized spacial score (nSPS) is 11.3.